The van der Waals surface area contributed by atoms with Crippen LogP contribution in [0.4, 0.5) is 0 Å². The van der Waals surface area contributed by atoms with E-state index in [-0.39, 0.29) is 5.03 Å². The van der Waals surface area contributed by atoms with Crippen LogP contribution in [-0.4, -0.2) is 49.2 Å². The molecule has 3 aliphatic carbocycles. The van der Waals surface area contributed by atoms with Crippen molar-refractivity contribution < 1.29 is 39.6 Å². The number of carbonyl (C=O) groups is 4. The van der Waals surface area contributed by atoms with Gasteiger partial charge >= 0.3 is 23.9 Å². The van der Waals surface area contributed by atoms with Crippen LogP contribution in [0.25, 0.3) is 0 Å². The zero-order valence-electron chi connectivity index (χ0n) is 11.6. The van der Waals surface area contributed by atoms with E-state index in [1.165, 1.54) is 6.92 Å². The molecule has 0 aromatic rings. The second-order valence-corrected chi connectivity index (χ2v) is 6.92. The van der Waals surface area contributed by atoms with Gasteiger partial charge in [0.05, 0.1) is 23.7 Å². The Kier molecular flexibility index (Phi) is 3.89. The first-order chi connectivity index (χ1) is 10.4. The molecule has 0 amide bonds. The van der Waals surface area contributed by atoms with Crippen molar-refractivity contribution >= 4 is 47.1 Å². The van der Waals surface area contributed by atoms with Crippen LogP contribution in [0, 0.1) is 29.1 Å². The van der Waals surface area contributed by atoms with E-state index in [0.29, 0.717) is 0 Å². The summed E-state index contributed by atoms with van der Waals surface area (Å²) < 4.78 is 0. The molecular formula is C13H12Cl2O8. The molecule has 0 saturated heterocycles. The molecule has 0 heterocycles. The highest BCUT2D eigenvalue weighted by molar-refractivity contribution is 6.42. The van der Waals surface area contributed by atoms with Gasteiger partial charge in [-0.2, -0.15) is 0 Å². The van der Waals surface area contributed by atoms with Gasteiger partial charge in [0.2, 0.25) is 0 Å². The molecule has 8 nitrogen and oxygen atoms in total. The molecule has 1 saturated carbocycles. The zero-order valence-corrected chi connectivity index (χ0v) is 13.1. The predicted molar refractivity (Wildman–Crippen MR) is 75.1 cm³/mol. The number of hydrogen-bond donors (Lipinski definition) is 4. The normalized spacial score (nSPS) is 42.0. The monoisotopic (exact) mass is 366 g/mol. The smallest absolute Gasteiger partial charge is 0.309 e. The van der Waals surface area contributed by atoms with Gasteiger partial charge < -0.3 is 20.4 Å². The lowest BCUT2D eigenvalue weighted by Crippen LogP contribution is -2.69. The molecule has 0 aromatic heterocycles. The molecule has 0 aliphatic heterocycles. The van der Waals surface area contributed by atoms with E-state index in [1.54, 1.807) is 0 Å². The highest BCUT2D eigenvalue weighted by atomic mass is 35.5. The van der Waals surface area contributed by atoms with E-state index in [9.17, 15) is 39.6 Å². The first-order valence-electron chi connectivity index (χ1n) is 6.39. The van der Waals surface area contributed by atoms with Gasteiger partial charge in [-0.3, -0.25) is 19.2 Å². The summed E-state index contributed by atoms with van der Waals surface area (Å²) >= 11 is 12.2. The quantitative estimate of drug-likeness (QED) is 0.536. The van der Waals surface area contributed by atoms with Crippen LogP contribution in [-0.2, 0) is 19.2 Å². The van der Waals surface area contributed by atoms with Crippen molar-refractivity contribution in [1.29, 1.82) is 0 Å². The van der Waals surface area contributed by atoms with Gasteiger partial charge in [-0.1, -0.05) is 24.6 Å². The van der Waals surface area contributed by atoms with Crippen molar-refractivity contribution in [3.63, 3.8) is 0 Å². The first kappa shape index (κ1) is 17.6. The standard InChI is InChI=1S/C13H12Cl2O8/c1-12-2-3(14)13(15,6(10(20)21)4(12)8(16)17)7(11(22)23)5(12)9(18)19/h2,4-7H,1H3,(H,16,17)(H,18,19)(H,20,21)(H,22,23)/t4-,5-,6-,7+,12?,13?/m1/s1. The summed E-state index contributed by atoms with van der Waals surface area (Å²) in [6, 6.07) is 0. The van der Waals surface area contributed by atoms with Crippen LogP contribution >= 0.6 is 23.2 Å². The fourth-order valence-electron chi connectivity index (χ4n) is 3.91. The van der Waals surface area contributed by atoms with Crippen molar-refractivity contribution in [3.8, 4) is 0 Å². The Morgan fingerprint density at radius 3 is 1.43 bits per heavy atom. The van der Waals surface area contributed by atoms with Gasteiger partial charge in [0.1, 0.15) is 4.87 Å². The summed E-state index contributed by atoms with van der Waals surface area (Å²) in [6.45, 7) is 1.18. The van der Waals surface area contributed by atoms with Crippen molar-refractivity contribution in [2.75, 3.05) is 0 Å². The van der Waals surface area contributed by atoms with Crippen LogP contribution in [0.15, 0.2) is 11.1 Å². The molecule has 1 fully saturated rings. The van der Waals surface area contributed by atoms with Crippen LogP contribution < -0.4 is 0 Å². The van der Waals surface area contributed by atoms with Crippen molar-refractivity contribution in [2.45, 2.75) is 11.8 Å². The van der Waals surface area contributed by atoms with E-state index in [0.717, 1.165) is 6.08 Å². The molecule has 3 aliphatic rings. The summed E-state index contributed by atoms with van der Waals surface area (Å²) in [4.78, 5) is 44.1. The molecule has 10 heteroatoms. The van der Waals surface area contributed by atoms with Gasteiger partial charge in [-0.05, 0) is 0 Å². The maximum Gasteiger partial charge on any atom is 0.309 e. The lowest BCUT2D eigenvalue weighted by Gasteiger charge is -2.58. The van der Waals surface area contributed by atoms with E-state index in [1.807, 2.05) is 0 Å². The van der Waals surface area contributed by atoms with Crippen molar-refractivity contribution in [1.82, 2.24) is 0 Å². The predicted octanol–water partition coefficient (Wildman–Crippen LogP) is 0.923. The molecule has 6 atom stereocenters. The number of rotatable bonds is 4. The molecule has 126 valence electrons. The summed E-state index contributed by atoms with van der Waals surface area (Å²) in [7, 11) is 0. The topological polar surface area (TPSA) is 149 Å². The number of hydrogen-bond acceptors (Lipinski definition) is 4. The lowest BCUT2D eigenvalue weighted by atomic mass is 9.46. The minimum absolute atomic E-state index is 0.364. The number of aliphatic carboxylic acids is 4. The summed E-state index contributed by atoms with van der Waals surface area (Å²) in [5, 5.41) is 37.4. The number of allylic oxidation sites excluding steroid dienone is 2. The second-order valence-electron chi connectivity index (χ2n) is 5.89. The third-order valence-electron chi connectivity index (χ3n) is 4.78. The minimum atomic E-state index is -2.36. The largest absolute Gasteiger partial charge is 0.481 e. The molecular weight excluding hydrogens is 355 g/mol. The first-order valence-corrected chi connectivity index (χ1v) is 7.15. The maximum absolute atomic E-state index is 11.6. The Bertz CT molecular complexity index is 614. The molecule has 0 aromatic carbocycles. The number of fused-ring (bicyclic) bond motifs is 2. The molecule has 3 rings (SSSR count). The number of alkyl halides is 1. The SMILES string of the molecule is CC12C=C(Cl)C(Cl)([C@H](C(=O)O)[C@@H]1C(=O)O)[C@@H](C(=O)O)[C@@H]2C(=O)O. The highest BCUT2D eigenvalue weighted by Gasteiger charge is 2.74. The highest BCUT2D eigenvalue weighted by Crippen LogP contribution is 2.66. The van der Waals surface area contributed by atoms with Crippen LogP contribution in [0.5, 0.6) is 0 Å². The van der Waals surface area contributed by atoms with E-state index in [2.05, 4.69) is 0 Å². The number of carboxylic acid groups (broad SMARTS) is 4. The van der Waals surface area contributed by atoms with Gasteiger partial charge in [-0.15, -0.1) is 11.6 Å². The van der Waals surface area contributed by atoms with Crippen LogP contribution in [0.1, 0.15) is 6.92 Å². The molecule has 23 heavy (non-hydrogen) atoms. The lowest BCUT2D eigenvalue weighted by molar-refractivity contribution is -0.184. The Morgan fingerprint density at radius 2 is 1.17 bits per heavy atom. The maximum atomic E-state index is 11.6. The van der Waals surface area contributed by atoms with Gasteiger partial charge in [0, 0.05) is 10.4 Å². The van der Waals surface area contributed by atoms with Crippen LogP contribution in [0.2, 0.25) is 0 Å². The Hall–Kier alpha value is -1.80. The molecule has 2 bridgehead atoms. The van der Waals surface area contributed by atoms with E-state index >= 15 is 0 Å². The van der Waals surface area contributed by atoms with Crippen LogP contribution in [0.3, 0.4) is 0 Å². The van der Waals surface area contributed by atoms with E-state index in [4.69, 9.17) is 23.2 Å². The number of halogens is 2. The van der Waals surface area contributed by atoms with Crippen molar-refractivity contribution in [2.24, 2.45) is 29.1 Å². The van der Waals surface area contributed by atoms with Crippen molar-refractivity contribution in [3.05, 3.63) is 11.1 Å². The molecule has 2 unspecified atom stereocenters. The van der Waals surface area contributed by atoms with Gasteiger partial charge in [0.25, 0.3) is 0 Å². The Labute approximate surface area is 139 Å². The average Bonchev–Trinajstić information content (AvgIpc) is 2.36. The summed E-state index contributed by atoms with van der Waals surface area (Å²) in [5.41, 5.74) is -1.82. The fraction of sp³-hybridized carbons (Fsp3) is 0.538. The van der Waals surface area contributed by atoms with E-state index < -0.39 is 57.8 Å². The minimum Gasteiger partial charge on any atom is -0.481 e. The number of carboxylic acids is 4. The Morgan fingerprint density at radius 1 is 0.870 bits per heavy atom. The average molecular weight is 367 g/mol. The Balaban J connectivity index is 2.88. The molecule has 4 N–H and O–H groups in total. The van der Waals surface area contributed by atoms with Gasteiger partial charge in [0.15, 0.2) is 0 Å². The fourth-order valence-corrected chi connectivity index (χ4v) is 4.88. The molecule has 0 spiro atoms. The molecule has 0 radical (unpaired) electrons. The zero-order chi connectivity index (χ0) is 17.9. The summed E-state index contributed by atoms with van der Waals surface area (Å²) in [6.07, 6.45) is 1.07. The third-order valence-corrected chi connectivity index (χ3v) is 5.97. The second kappa shape index (κ2) is 5.10. The summed E-state index contributed by atoms with van der Waals surface area (Å²) in [5.74, 6) is -13.7. The third kappa shape index (κ3) is 2.05. The van der Waals surface area contributed by atoms with Gasteiger partial charge in [-0.25, -0.2) is 0 Å².